The van der Waals surface area contributed by atoms with Gasteiger partial charge in [-0.2, -0.15) is 0 Å². The van der Waals surface area contributed by atoms with Crippen molar-refractivity contribution in [3.8, 4) is 0 Å². The fourth-order valence-electron chi connectivity index (χ4n) is 0.704. The van der Waals surface area contributed by atoms with E-state index in [1.807, 2.05) is 0 Å². The van der Waals surface area contributed by atoms with Gasteiger partial charge in [-0.05, 0) is 6.92 Å². The van der Waals surface area contributed by atoms with Crippen molar-refractivity contribution in [2.45, 2.75) is 13.3 Å². The summed E-state index contributed by atoms with van der Waals surface area (Å²) in [7, 11) is 3.09. The molecule has 0 aromatic rings. The van der Waals surface area contributed by atoms with Crippen LogP contribution in [0.25, 0.3) is 0 Å². The molecule has 0 radical (unpaired) electrons. The molecule has 74 valence electrons. The van der Waals surface area contributed by atoms with Crippen molar-refractivity contribution < 1.29 is 18.4 Å². The Morgan fingerprint density at radius 2 is 1.77 bits per heavy atom. The van der Waals surface area contributed by atoms with E-state index >= 15 is 0 Å². The summed E-state index contributed by atoms with van der Waals surface area (Å²) in [6.45, 7) is 1.08. The van der Waals surface area contributed by atoms with Crippen LogP contribution >= 0.6 is 0 Å². The third-order valence-corrected chi connectivity index (χ3v) is 1.23. The molecule has 13 heavy (non-hydrogen) atoms. The van der Waals surface area contributed by atoms with Crippen LogP contribution in [0.3, 0.4) is 0 Å². The van der Waals surface area contributed by atoms with Crippen LogP contribution in [0.15, 0.2) is 11.8 Å². The fraction of sp³-hybridized carbons (Fsp3) is 0.500. The number of allylic oxidation sites excluding steroid dienone is 1. The predicted octanol–water partition coefficient (Wildman–Crippen LogP) is 0.855. The summed E-state index contributed by atoms with van der Waals surface area (Å²) in [6, 6.07) is 0. The zero-order valence-corrected chi connectivity index (χ0v) is 7.67. The van der Waals surface area contributed by atoms with Crippen LogP contribution in [0.4, 0.5) is 8.78 Å². The van der Waals surface area contributed by atoms with Crippen molar-refractivity contribution in [2.75, 3.05) is 14.1 Å². The van der Waals surface area contributed by atoms with Crippen LogP contribution in [-0.2, 0) is 9.59 Å². The normalized spacial score (nSPS) is 11.7. The van der Waals surface area contributed by atoms with E-state index < -0.39 is 23.6 Å². The SMILES string of the molecule is CC(=O)C(=CN(C)C)C(=O)C(F)F. The van der Waals surface area contributed by atoms with E-state index in [4.69, 9.17) is 0 Å². The smallest absolute Gasteiger partial charge is 0.300 e. The maximum absolute atomic E-state index is 11.9. The van der Waals surface area contributed by atoms with E-state index in [2.05, 4.69) is 0 Å². The Morgan fingerprint density at radius 1 is 1.31 bits per heavy atom. The van der Waals surface area contributed by atoms with Crippen LogP contribution in [0.5, 0.6) is 0 Å². The Labute approximate surface area is 75.0 Å². The van der Waals surface area contributed by atoms with Gasteiger partial charge in [0.05, 0.1) is 5.57 Å². The molecule has 0 amide bonds. The number of hydrogen-bond donors (Lipinski definition) is 0. The number of hydrogen-bond acceptors (Lipinski definition) is 3. The van der Waals surface area contributed by atoms with Gasteiger partial charge in [-0.3, -0.25) is 9.59 Å². The van der Waals surface area contributed by atoms with Crippen molar-refractivity contribution in [3.05, 3.63) is 11.8 Å². The Morgan fingerprint density at radius 3 is 2.00 bits per heavy atom. The molecule has 0 aliphatic heterocycles. The lowest BCUT2D eigenvalue weighted by atomic mass is 10.1. The maximum Gasteiger partial charge on any atom is 0.300 e. The first-order valence-electron chi connectivity index (χ1n) is 3.57. The molecular weight excluding hydrogens is 180 g/mol. The average molecular weight is 191 g/mol. The summed E-state index contributed by atoms with van der Waals surface area (Å²) in [5.41, 5.74) is -0.472. The Bertz CT molecular complexity index is 247. The van der Waals surface area contributed by atoms with Gasteiger partial charge in [-0.25, -0.2) is 8.78 Å². The van der Waals surface area contributed by atoms with Crippen molar-refractivity contribution in [1.82, 2.24) is 4.90 Å². The summed E-state index contributed by atoms with van der Waals surface area (Å²) in [5, 5.41) is 0. The van der Waals surface area contributed by atoms with Crippen molar-refractivity contribution >= 4 is 11.6 Å². The van der Waals surface area contributed by atoms with Crippen LogP contribution in [0.2, 0.25) is 0 Å². The second kappa shape index (κ2) is 4.69. The van der Waals surface area contributed by atoms with E-state index in [9.17, 15) is 18.4 Å². The molecule has 0 aliphatic carbocycles. The first-order chi connectivity index (χ1) is 5.86. The molecular formula is C8H11F2NO2. The molecule has 0 bridgehead atoms. The van der Waals surface area contributed by atoms with Crippen LogP contribution in [-0.4, -0.2) is 37.0 Å². The van der Waals surface area contributed by atoms with Crippen LogP contribution < -0.4 is 0 Å². The van der Waals surface area contributed by atoms with E-state index in [-0.39, 0.29) is 0 Å². The third kappa shape index (κ3) is 3.78. The minimum atomic E-state index is -3.13. The van der Waals surface area contributed by atoms with Gasteiger partial charge >= 0.3 is 6.43 Å². The van der Waals surface area contributed by atoms with Crippen LogP contribution in [0.1, 0.15) is 6.92 Å². The van der Waals surface area contributed by atoms with Crippen molar-refractivity contribution in [3.63, 3.8) is 0 Å². The van der Waals surface area contributed by atoms with E-state index in [0.717, 1.165) is 13.1 Å². The highest BCUT2D eigenvalue weighted by Crippen LogP contribution is 2.07. The molecule has 5 heteroatoms. The fourth-order valence-corrected chi connectivity index (χ4v) is 0.704. The highest BCUT2D eigenvalue weighted by atomic mass is 19.3. The molecule has 0 aliphatic rings. The summed E-state index contributed by atoms with van der Waals surface area (Å²) in [6.07, 6.45) is -2.04. The molecule has 0 fully saturated rings. The number of alkyl halides is 2. The Hall–Kier alpha value is -1.26. The first kappa shape index (κ1) is 11.7. The van der Waals surface area contributed by atoms with E-state index in [1.165, 1.54) is 4.90 Å². The minimum Gasteiger partial charge on any atom is -0.383 e. The number of ketones is 2. The number of halogens is 2. The number of carbonyl (C=O) groups excluding carboxylic acids is 2. The largest absolute Gasteiger partial charge is 0.383 e. The molecule has 0 atom stereocenters. The number of Topliss-reactive ketones (excluding diaryl/α,β-unsaturated/α-hetero) is 2. The summed E-state index contributed by atoms with van der Waals surface area (Å²) in [5.74, 6) is -2.08. The average Bonchev–Trinajstić information content (AvgIpc) is 1.97. The van der Waals surface area contributed by atoms with Gasteiger partial charge in [-0.15, -0.1) is 0 Å². The first-order valence-corrected chi connectivity index (χ1v) is 3.57. The molecule has 0 saturated heterocycles. The molecule has 3 nitrogen and oxygen atoms in total. The van der Waals surface area contributed by atoms with Gasteiger partial charge in [0.25, 0.3) is 0 Å². The van der Waals surface area contributed by atoms with Crippen LogP contribution in [0, 0.1) is 0 Å². The van der Waals surface area contributed by atoms with Crippen molar-refractivity contribution in [1.29, 1.82) is 0 Å². The Balaban J connectivity index is 4.83. The quantitative estimate of drug-likeness (QED) is 0.375. The van der Waals surface area contributed by atoms with Gasteiger partial charge in [-0.1, -0.05) is 0 Å². The molecule has 0 aromatic heterocycles. The summed E-state index contributed by atoms with van der Waals surface area (Å²) in [4.78, 5) is 22.9. The predicted molar refractivity (Wildman–Crippen MR) is 43.5 cm³/mol. The zero-order chi connectivity index (χ0) is 10.6. The number of nitrogens with zero attached hydrogens (tertiary/aromatic N) is 1. The van der Waals surface area contributed by atoms with E-state index in [0.29, 0.717) is 0 Å². The second-order valence-corrected chi connectivity index (χ2v) is 2.73. The van der Waals surface area contributed by atoms with Gasteiger partial charge < -0.3 is 4.90 Å². The van der Waals surface area contributed by atoms with Gasteiger partial charge in [0.15, 0.2) is 5.78 Å². The lowest BCUT2D eigenvalue weighted by molar-refractivity contribution is -0.128. The molecule has 0 saturated carbocycles. The lowest BCUT2D eigenvalue weighted by Gasteiger charge is -2.07. The van der Waals surface area contributed by atoms with Gasteiger partial charge in [0.2, 0.25) is 5.78 Å². The highest BCUT2D eigenvalue weighted by Gasteiger charge is 2.23. The highest BCUT2D eigenvalue weighted by molar-refractivity contribution is 6.20. The Kier molecular flexibility index (Phi) is 4.23. The number of rotatable bonds is 4. The van der Waals surface area contributed by atoms with E-state index in [1.54, 1.807) is 14.1 Å². The topological polar surface area (TPSA) is 37.4 Å². The molecule has 0 heterocycles. The lowest BCUT2D eigenvalue weighted by Crippen LogP contribution is -2.20. The van der Waals surface area contributed by atoms with Gasteiger partial charge in [0, 0.05) is 20.3 Å². The molecule has 0 spiro atoms. The zero-order valence-electron chi connectivity index (χ0n) is 7.67. The molecule has 0 rings (SSSR count). The molecule has 0 N–H and O–H groups in total. The summed E-state index contributed by atoms with van der Waals surface area (Å²) >= 11 is 0. The third-order valence-electron chi connectivity index (χ3n) is 1.23. The number of carbonyl (C=O) groups is 2. The standard InChI is InChI=1S/C8H11F2NO2/c1-5(12)6(4-11(2)3)7(13)8(9)10/h4,8H,1-3H3. The van der Waals surface area contributed by atoms with Crippen molar-refractivity contribution in [2.24, 2.45) is 0 Å². The van der Waals surface area contributed by atoms with Gasteiger partial charge in [0.1, 0.15) is 0 Å². The molecule has 0 unspecified atom stereocenters. The maximum atomic E-state index is 11.9. The minimum absolute atomic E-state index is 0.472. The monoisotopic (exact) mass is 191 g/mol. The second-order valence-electron chi connectivity index (χ2n) is 2.73. The molecule has 0 aromatic carbocycles. The summed E-state index contributed by atoms with van der Waals surface area (Å²) < 4.78 is 23.9.